The Balaban J connectivity index is 1.33. The minimum atomic E-state index is -0.980. The SMILES string of the molecule is O=C(COC(=O)CCCNC(=O)c1ccc(F)cc1F)Nc1cccc(C(=O)NC2CC2)c1. The lowest BCUT2D eigenvalue weighted by Crippen LogP contribution is -2.26. The van der Waals surface area contributed by atoms with Gasteiger partial charge in [0, 0.05) is 36.3 Å². The summed E-state index contributed by atoms with van der Waals surface area (Å²) in [6.07, 6.45) is 2.06. The highest BCUT2D eigenvalue weighted by Crippen LogP contribution is 2.20. The van der Waals surface area contributed by atoms with E-state index in [-0.39, 0.29) is 36.9 Å². The zero-order chi connectivity index (χ0) is 23.8. The highest BCUT2D eigenvalue weighted by Gasteiger charge is 2.23. The third-order valence-electron chi connectivity index (χ3n) is 4.70. The molecule has 0 aromatic heterocycles. The molecule has 3 N–H and O–H groups in total. The molecule has 0 heterocycles. The van der Waals surface area contributed by atoms with Crippen LogP contribution in [-0.4, -0.2) is 42.9 Å². The van der Waals surface area contributed by atoms with Crippen molar-refractivity contribution in [1.82, 2.24) is 10.6 Å². The molecule has 0 radical (unpaired) electrons. The van der Waals surface area contributed by atoms with Crippen LogP contribution in [0.4, 0.5) is 14.5 Å². The maximum absolute atomic E-state index is 13.6. The number of anilines is 1. The molecule has 33 heavy (non-hydrogen) atoms. The van der Waals surface area contributed by atoms with Crippen molar-refractivity contribution in [1.29, 1.82) is 0 Å². The number of benzene rings is 2. The van der Waals surface area contributed by atoms with Gasteiger partial charge in [-0.1, -0.05) is 6.07 Å². The van der Waals surface area contributed by atoms with Gasteiger partial charge in [0.05, 0.1) is 5.56 Å². The van der Waals surface area contributed by atoms with Crippen LogP contribution in [0, 0.1) is 11.6 Å². The van der Waals surface area contributed by atoms with Crippen LogP contribution in [0.25, 0.3) is 0 Å². The number of amides is 3. The van der Waals surface area contributed by atoms with Crippen molar-refractivity contribution in [3.63, 3.8) is 0 Å². The molecule has 2 aromatic rings. The van der Waals surface area contributed by atoms with E-state index < -0.39 is 36.0 Å². The second-order valence-corrected chi connectivity index (χ2v) is 7.52. The van der Waals surface area contributed by atoms with E-state index in [4.69, 9.17) is 4.74 Å². The number of ether oxygens (including phenoxy) is 1. The first-order chi connectivity index (χ1) is 15.8. The summed E-state index contributed by atoms with van der Waals surface area (Å²) in [4.78, 5) is 47.7. The van der Waals surface area contributed by atoms with E-state index in [1.807, 2.05) is 0 Å². The quantitative estimate of drug-likeness (QED) is 0.373. The molecule has 1 fully saturated rings. The van der Waals surface area contributed by atoms with Crippen LogP contribution in [0.3, 0.4) is 0 Å². The smallest absolute Gasteiger partial charge is 0.306 e. The van der Waals surface area contributed by atoms with Crippen LogP contribution in [0.1, 0.15) is 46.4 Å². The van der Waals surface area contributed by atoms with Crippen molar-refractivity contribution in [2.24, 2.45) is 0 Å². The Bertz CT molecular complexity index is 1060. The van der Waals surface area contributed by atoms with E-state index in [0.29, 0.717) is 17.3 Å². The first-order valence-corrected chi connectivity index (χ1v) is 10.4. The molecule has 2 aromatic carbocycles. The first-order valence-electron chi connectivity index (χ1n) is 10.4. The summed E-state index contributed by atoms with van der Waals surface area (Å²) in [5, 5.41) is 7.83. The Labute approximate surface area is 188 Å². The molecule has 3 amide bonds. The lowest BCUT2D eigenvalue weighted by molar-refractivity contribution is -0.147. The normalized spacial score (nSPS) is 12.5. The number of hydrogen-bond acceptors (Lipinski definition) is 5. The number of nitrogens with one attached hydrogen (secondary N) is 3. The molecule has 1 aliphatic carbocycles. The Morgan fingerprint density at radius 1 is 1.00 bits per heavy atom. The highest BCUT2D eigenvalue weighted by molar-refractivity contribution is 5.98. The molecular weight excluding hydrogens is 436 g/mol. The number of hydrogen-bond donors (Lipinski definition) is 3. The van der Waals surface area contributed by atoms with Gasteiger partial charge in [0.2, 0.25) is 0 Å². The van der Waals surface area contributed by atoms with Crippen LogP contribution in [0.15, 0.2) is 42.5 Å². The molecule has 3 rings (SSSR count). The number of carbonyl (C=O) groups excluding carboxylic acids is 4. The maximum Gasteiger partial charge on any atom is 0.306 e. The minimum Gasteiger partial charge on any atom is -0.456 e. The number of rotatable bonds is 10. The van der Waals surface area contributed by atoms with Gasteiger partial charge in [-0.3, -0.25) is 19.2 Å². The van der Waals surface area contributed by atoms with Gasteiger partial charge in [-0.15, -0.1) is 0 Å². The van der Waals surface area contributed by atoms with E-state index in [1.54, 1.807) is 18.2 Å². The molecule has 0 spiro atoms. The molecule has 10 heteroatoms. The van der Waals surface area contributed by atoms with Gasteiger partial charge in [0.25, 0.3) is 17.7 Å². The Morgan fingerprint density at radius 2 is 1.79 bits per heavy atom. The second kappa shape index (κ2) is 11.2. The first kappa shape index (κ1) is 23.8. The predicted molar refractivity (Wildman–Crippen MR) is 114 cm³/mol. The zero-order valence-corrected chi connectivity index (χ0v) is 17.7. The summed E-state index contributed by atoms with van der Waals surface area (Å²) < 4.78 is 31.3. The zero-order valence-electron chi connectivity index (χ0n) is 17.7. The Kier molecular flexibility index (Phi) is 8.06. The summed E-state index contributed by atoms with van der Waals surface area (Å²) in [6.45, 7) is -0.447. The summed E-state index contributed by atoms with van der Waals surface area (Å²) in [5.74, 6) is -3.93. The van der Waals surface area contributed by atoms with Crippen molar-refractivity contribution in [2.75, 3.05) is 18.5 Å². The molecule has 8 nitrogen and oxygen atoms in total. The number of halogens is 2. The molecule has 174 valence electrons. The molecule has 0 bridgehead atoms. The van der Waals surface area contributed by atoms with Crippen LogP contribution >= 0.6 is 0 Å². The highest BCUT2D eigenvalue weighted by atomic mass is 19.1. The van der Waals surface area contributed by atoms with E-state index >= 15 is 0 Å². The third-order valence-corrected chi connectivity index (χ3v) is 4.70. The van der Waals surface area contributed by atoms with E-state index in [2.05, 4.69) is 16.0 Å². The van der Waals surface area contributed by atoms with Gasteiger partial charge in [0.1, 0.15) is 11.6 Å². The van der Waals surface area contributed by atoms with Gasteiger partial charge < -0.3 is 20.7 Å². The molecule has 0 aliphatic heterocycles. The minimum absolute atomic E-state index is 0.0622. The lowest BCUT2D eigenvalue weighted by Gasteiger charge is -2.09. The van der Waals surface area contributed by atoms with Crippen LogP contribution in [0.2, 0.25) is 0 Å². The third kappa shape index (κ3) is 7.67. The van der Waals surface area contributed by atoms with E-state index in [1.165, 1.54) is 6.07 Å². The fourth-order valence-electron chi connectivity index (χ4n) is 2.85. The fourth-order valence-corrected chi connectivity index (χ4v) is 2.85. The van der Waals surface area contributed by atoms with Gasteiger partial charge in [-0.05, 0) is 49.6 Å². The van der Waals surface area contributed by atoms with Crippen molar-refractivity contribution in [3.8, 4) is 0 Å². The topological polar surface area (TPSA) is 114 Å². The maximum atomic E-state index is 13.6. The molecule has 0 unspecified atom stereocenters. The molecule has 0 atom stereocenters. The standard InChI is InChI=1S/C23H23F2N3O5/c24-15-6-9-18(19(25)12-15)23(32)26-10-2-5-21(30)33-13-20(29)27-17-4-1-3-14(11-17)22(31)28-16-7-8-16/h1,3-4,6,9,11-12,16H,2,5,7-8,10,13H2,(H,26,32)(H,27,29)(H,28,31). The van der Waals surface area contributed by atoms with Crippen molar-refractivity contribution in [3.05, 3.63) is 65.2 Å². The van der Waals surface area contributed by atoms with E-state index in [9.17, 15) is 28.0 Å². The van der Waals surface area contributed by atoms with E-state index in [0.717, 1.165) is 25.0 Å². The van der Waals surface area contributed by atoms with Gasteiger partial charge in [-0.2, -0.15) is 0 Å². The largest absolute Gasteiger partial charge is 0.456 e. The monoisotopic (exact) mass is 459 g/mol. The van der Waals surface area contributed by atoms with Gasteiger partial charge >= 0.3 is 5.97 Å². The summed E-state index contributed by atoms with van der Waals surface area (Å²) in [6, 6.07) is 9.24. The van der Waals surface area contributed by atoms with Crippen LogP contribution in [-0.2, 0) is 14.3 Å². The lowest BCUT2D eigenvalue weighted by atomic mass is 10.2. The molecule has 1 saturated carbocycles. The van der Waals surface area contributed by atoms with Crippen molar-refractivity contribution < 1.29 is 32.7 Å². The second-order valence-electron chi connectivity index (χ2n) is 7.52. The molecule has 0 saturated heterocycles. The Morgan fingerprint density at radius 3 is 2.52 bits per heavy atom. The van der Waals surface area contributed by atoms with Gasteiger partial charge in [0.15, 0.2) is 6.61 Å². The number of carbonyl (C=O) groups is 4. The van der Waals surface area contributed by atoms with Crippen molar-refractivity contribution >= 4 is 29.4 Å². The molecule has 1 aliphatic rings. The van der Waals surface area contributed by atoms with Gasteiger partial charge in [-0.25, -0.2) is 8.78 Å². The summed E-state index contributed by atoms with van der Waals surface area (Å²) in [7, 11) is 0. The Hall–Kier alpha value is -3.82. The summed E-state index contributed by atoms with van der Waals surface area (Å²) >= 11 is 0. The van der Waals surface area contributed by atoms with Crippen LogP contribution in [0.5, 0.6) is 0 Å². The fraction of sp³-hybridized carbons (Fsp3) is 0.304. The number of esters is 1. The van der Waals surface area contributed by atoms with Crippen molar-refractivity contribution in [2.45, 2.75) is 31.7 Å². The average molecular weight is 459 g/mol. The predicted octanol–water partition coefficient (Wildman–Crippen LogP) is 2.55. The average Bonchev–Trinajstić information content (AvgIpc) is 3.59. The summed E-state index contributed by atoms with van der Waals surface area (Å²) in [5.41, 5.74) is 0.513. The molecular formula is C23H23F2N3O5. The van der Waals surface area contributed by atoms with Crippen LogP contribution < -0.4 is 16.0 Å².